The molecule has 2 aliphatic rings. The van der Waals surface area contributed by atoms with Gasteiger partial charge in [0.05, 0.1) is 0 Å². The van der Waals surface area contributed by atoms with Crippen molar-refractivity contribution in [2.45, 2.75) is 25.7 Å². The Kier molecular flexibility index (Phi) is 1.16. The maximum absolute atomic E-state index is 11.2. The van der Waals surface area contributed by atoms with Gasteiger partial charge in [0.15, 0.2) is 0 Å². The van der Waals surface area contributed by atoms with Gasteiger partial charge in [0.2, 0.25) is 0 Å². The molecule has 0 aliphatic heterocycles. The van der Waals surface area contributed by atoms with Crippen LogP contribution in [0.1, 0.15) is 25.7 Å². The van der Waals surface area contributed by atoms with Gasteiger partial charge in [-0.15, -0.1) is 0 Å². The van der Waals surface area contributed by atoms with Crippen molar-refractivity contribution in [2.24, 2.45) is 11.8 Å². The van der Waals surface area contributed by atoms with Gasteiger partial charge in [-0.3, -0.25) is 9.59 Å². The van der Waals surface area contributed by atoms with E-state index in [0.717, 1.165) is 12.8 Å². The fourth-order valence-corrected chi connectivity index (χ4v) is 2.06. The lowest BCUT2D eigenvalue weighted by molar-refractivity contribution is -0.134. The van der Waals surface area contributed by atoms with Crippen molar-refractivity contribution in [3.63, 3.8) is 0 Å². The Hall–Kier alpha value is -0.660. The van der Waals surface area contributed by atoms with Crippen LogP contribution in [-0.4, -0.2) is 11.6 Å². The summed E-state index contributed by atoms with van der Waals surface area (Å²) in [5.74, 6) is 0.893. The largest absolute Gasteiger partial charge is 0.300 e. The van der Waals surface area contributed by atoms with Crippen molar-refractivity contribution in [2.75, 3.05) is 0 Å². The third-order valence-corrected chi connectivity index (χ3v) is 2.62. The highest BCUT2D eigenvalue weighted by atomic mass is 16.1. The van der Waals surface area contributed by atoms with Crippen molar-refractivity contribution in [1.29, 1.82) is 0 Å². The fourth-order valence-electron chi connectivity index (χ4n) is 2.06. The van der Waals surface area contributed by atoms with Crippen LogP contribution in [0, 0.1) is 11.8 Å². The van der Waals surface area contributed by atoms with E-state index in [1.807, 2.05) is 0 Å². The van der Waals surface area contributed by atoms with Crippen LogP contribution >= 0.6 is 0 Å². The summed E-state index contributed by atoms with van der Waals surface area (Å²) < 4.78 is 0. The minimum absolute atomic E-state index is 0.117. The molecule has 10 heavy (non-hydrogen) atoms. The average Bonchev–Trinajstić information content (AvgIpc) is 2.20. The molecule has 0 saturated heterocycles. The van der Waals surface area contributed by atoms with Crippen molar-refractivity contribution in [1.82, 2.24) is 0 Å². The second kappa shape index (κ2) is 1.91. The van der Waals surface area contributed by atoms with E-state index in [9.17, 15) is 9.59 Å². The molecule has 0 amide bonds. The van der Waals surface area contributed by atoms with Crippen LogP contribution in [-0.2, 0) is 9.59 Å². The molecule has 2 saturated carbocycles. The monoisotopic (exact) mass is 138 g/mol. The molecular formula is C8H10O2. The molecule has 2 nitrogen and oxygen atoms in total. The Labute approximate surface area is 59.6 Å². The van der Waals surface area contributed by atoms with E-state index in [2.05, 4.69) is 0 Å². The summed E-state index contributed by atoms with van der Waals surface area (Å²) in [6.45, 7) is 0. The SMILES string of the molecule is O=C1CC2CCC(C1)C2=O. The van der Waals surface area contributed by atoms with E-state index >= 15 is 0 Å². The number of rotatable bonds is 0. The first-order valence-corrected chi connectivity index (χ1v) is 3.83. The maximum Gasteiger partial charge on any atom is 0.139 e. The average molecular weight is 138 g/mol. The van der Waals surface area contributed by atoms with Gasteiger partial charge in [0.25, 0.3) is 0 Å². The van der Waals surface area contributed by atoms with Gasteiger partial charge in [0, 0.05) is 24.7 Å². The van der Waals surface area contributed by atoms with Gasteiger partial charge in [-0.25, -0.2) is 0 Å². The standard InChI is InChI=1S/C8H10O2/c9-7-3-5-1-2-6(4-7)8(5)10/h5-6H,1-4H2. The van der Waals surface area contributed by atoms with Gasteiger partial charge < -0.3 is 0 Å². The molecule has 0 aromatic heterocycles. The maximum atomic E-state index is 11.2. The van der Waals surface area contributed by atoms with Crippen LogP contribution in [0.15, 0.2) is 0 Å². The number of hydrogen-bond donors (Lipinski definition) is 0. The molecule has 2 fully saturated rings. The van der Waals surface area contributed by atoms with Crippen LogP contribution in [0.5, 0.6) is 0 Å². The normalized spacial score (nSPS) is 38.8. The van der Waals surface area contributed by atoms with Gasteiger partial charge >= 0.3 is 0 Å². The molecule has 2 bridgehead atoms. The molecule has 2 heteroatoms. The quantitative estimate of drug-likeness (QED) is 0.499. The van der Waals surface area contributed by atoms with Crippen LogP contribution in [0.3, 0.4) is 0 Å². The zero-order valence-electron chi connectivity index (χ0n) is 5.80. The summed E-state index contributed by atoms with van der Waals surface area (Å²) in [6.07, 6.45) is 3.01. The molecule has 0 spiro atoms. The van der Waals surface area contributed by atoms with E-state index in [-0.39, 0.29) is 11.8 Å². The van der Waals surface area contributed by atoms with Gasteiger partial charge in [-0.05, 0) is 12.8 Å². The molecule has 0 aromatic carbocycles. The first kappa shape index (κ1) is 6.08. The molecule has 2 rings (SSSR count). The molecule has 2 unspecified atom stereocenters. The van der Waals surface area contributed by atoms with Crippen LogP contribution in [0.2, 0.25) is 0 Å². The minimum atomic E-state index is 0.117. The highest BCUT2D eigenvalue weighted by Gasteiger charge is 2.40. The summed E-state index contributed by atoms with van der Waals surface area (Å²) in [5.41, 5.74) is 0. The summed E-state index contributed by atoms with van der Waals surface area (Å²) in [5, 5.41) is 0. The molecule has 0 radical (unpaired) electrons. The van der Waals surface area contributed by atoms with Gasteiger partial charge in [-0.1, -0.05) is 0 Å². The molecule has 2 atom stereocenters. The molecular weight excluding hydrogens is 128 g/mol. The lowest BCUT2D eigenvalue weighted by Crippen LogP contribution is -2.25. The first-order valence-electron chi connectivity index (χ1n) is 3.83. The summed E-state index contributed by atoms with van der Waals surface area (Å²) in [4.78, 5) is 22.1. The lowest BCUT2D eigenvalue weighted by Gasteiger charge is -2.15. The summed E-state index contributed by atoms with van der Waals surface area (Å²) in [6, 6.07) is 0. The summed E-state index contributed by atoms with van der Waals surface area (Å²) >= 11 is 0. The Morgan fingerprint density at radius 3 is 2.00 bits per heavy atom. The number of ketones is 2. The topological polar surface area (TPSA) is 34.1 Å². The number of carbonyl (C=O) groups is 2. The van der Waals surface area contributed by atoms with Crippen molar-refractivity contribution >= 4 is 11.6 Å². The van der Waals surface area contributed by atoms with E-state index < -0.39 is 0 Å². The van der Waals surface area contributed by atoms with Gasteiger partial charge in [0.1, 0.15) is 11.6 Å². The predicted octanol–water partition coefficient (Wildman–Crippen LogP) is 0.945. The van der Waals surface area contributed by atoms with E-state index in [4.69, 9.17) is 0 Å². The van der Waals surface area contributed by atoms with Crippen LogP contribution in [0.4, 0.5) is 0 Å². The Morgan fingerprint density at radius 1 is 1.00 bits per heavy atom. The molecule has 54 valence electrons. The Morgan fingerprint density at radius 2 is 1.50 bits per heavy atom. The van der Waals surface area contributed by atoms with Crippen molar-refractivity contribution < 1.29 is 9.59 Å². The Bertz CT molecular complexity index is 177. The van der Waals surface area contributed by atoms with Gasteiger partial charge in [-0.2, -0.15) is 0 Å². The van der Waals surface area contributed by atoms with Crippen LogP contribution < -0.4 is 0 Å². The summed E-state index contributed by atoms with van der Waals surface area (Å²) in [7, 11) is 0. The molecule has 2 aliphatic carbocycles. The van der Waals surface area contributed by atoms with Crippen LogP contribution in [0.25, 0.3) is 0 Å². The van der Waals surface area contributed by atoms with Crippen molar-refractivity contribution in [3.8, 4) is 0 Å². The molecule has 0 N–H and O–H groups in total. The second-order valence-corrected chi connectivity index (χ2v) is 3.32. The minimum Gasteiger partial charge on any atom is -0.300 e. The van der Waals surface area contributed by atoms with E-state index in [1.54, 1.807) is 0 Å². The highest BCUT2D eigenvalue weighted by Crippen LogP contribution is 2.36. The smallest absolute Gasteiger partial charge is 0.139 e. The zero-order chi connectivity index (χ0) is 7.14. The van der Waals surface area contributed by atoms with Crippen molar-refractivity contribution in [3.05, 3.63) is 0 Å². The number of hydrogen-bond acceptors (Lipinski definition) is 2. The molecule has 0 aromatic rings. The fraction of sp³-hybridized carbons (Fsp3) is 0.750. The second-order valence-electron chi connectivity index (χ2n) is 3.32. The number of fused-ring (bicyclic) bond motifs is 2. The van der Waals surface area contributed by atoms with E-state index in [1.165, 1.54) is 0 Å². The highest BCUT2D eigenvalue weighted by molar-refractivity contribution is 5.97. The third-order valence-electron chi connectivity index (χ3n) is 2.62. The lowest BCUT2D eigenvalue weighted by atomic mass is 9.87. The predicted molar refractivity (Wildman–Crippen MR) is 35.5 cm³/mol. The molecule has 0 heterocycles. The third kappa shape index (κ3) is 0.713. The number of Topliss-reactive ketones (excluding diaryl/α,β-unsaturated/α-hetero) is 2. The van der Waals surface area contributed by atoms with E-state index in [0.29, 0.717) is 24.4 Å². The first-order chi connectivity index (χ1) is 4.77. The zero-order valence-corrected chi connectivity index (χ0v) is 5.80. The number of carbonyl (C=O) groups excluding carboxylic acids is 2. The Balaban J connectivity index is 2.24.